The lowest BCUT2D eigenvalue weighted by Crippen LogP contribution is -2.43. The number of thioether (sulfide) groups is 1. The predicted molar refractivity (Wildman–Crippen MR) is 148 cm³/mol. The van der Waals surface area contributed by atoms with Gasteiger partial charge in [-0.05, 0) is 50.2 Å². The molecule has 3 saturated heterocycles. The van der Waals surface area contributed by atoms with Crippen LogP contribution in [0.15, 0.2) is 42.6 Å². The van der Waals surface area contributed by atoms with Gasteiger partial charge < -0.3 is 9.64 Å². The van der Waals surface area contributed by atoms with E-state index in [9.17, 15) is 4.39 Å². The molecule has 0 saturated carbocycles. The van der Waals surface area contributed by atoms with Crippen LogP contribution in [0.3, 0.4) is 0 Å². The molecule has 0 spiro atoms. The first kappa shape index (κ1) is 24.0. The van der Waals surface area contributed by atoms with Crippen molar-refractivity contribution in [3.63, 3.8) is 0 Å². The van der Waals surface area contributed by atoms with Crippen molar-refractivity contribution < 1.29 is 13.5 Å². The molecule has 3 aliphatic heterocycles. The van der Waals surface area contributed by atoms with Gasteiger partial charge in [-0.1, -0.05) is 30.3 Å². The minimum absolute atomic E-state index is 0.0304. The Morgan fingerprint density at radius 1 is 0.947 bits per heavy atom. The standard InChI is InChI=1S/C29H29F2N5OS/c30-22-8-2-6-19-5-1-7-20(23(19)22)25-24(31)26-21(17-32-25)27(35-13-15-38-16-14-35)34-28(33-26)37-18-29-9-3-11-36(29)12-4-10-29/h1-2,5-8,17H,3-4,9-16,18H2. The van der Waals surface area contributed by atoms with Crippen LogP contribution in [0.2, 0.25) is 0 Å². The van der Waals surface area contributed by atoms with Crippen LogP contribution in [-0.4, -0.2) is 69.7 Å². The van der Waals surface area contributed by atoms with Gasteiger partial charge in [-0.25, -0.2) is 8.78 Å². The van der Waals surface area contributed by atoms with Gasteiger partial charge >= 0.3 is 6.01 Å². The lowest BCUT2D eigenvalue weighted by molar-refractivity contribution is 0.108. The van der Waals surface area contributed by atoms with Gasteiger partial charge in [0.25, 0.3) is 0 Å². The van der Waals surface area contributed by atoms with E-state index in [1.165, 1.54) is 18.9 Å². The Kier molecular flexibility index (Phi) is 6.08. The van der Waals surface area contributed by atoms with Crippen molar-refractivity contribution in [3.05, 3.63) is 54.2 Å². The molecule has 0 atom stereocenters. The second kappa shape index (κ2) is 9.61. The van der Waals surface area contributed by atoms with Crippen LogP contribution in [0.1, 0.15) is 25.7 Å². The normalized spacial score (nSPS) is 19.4. The summed E-state index contributed by atoms with van der Waals surface area (Å²) in [5.74, 6) is 1.61. The molecule has 3 aliphatic rings. The van der Waals surface area contributed by atoms with E-state index in [1.54, 1.807) is 24.4 Å². The highest BCUT2D eigenvalue weighted by Crippen LogP contribution is 2.40. The minimum Gasteiger partial charge on any atom is -0.461 e. The second-order valence-corrected chi connectivity index (χ2v) is 11.7. The zero-order valence-electron chi connectivity index (χ0n) is 21.1. The number of benzene rings is 2. The zero-order chi connectivity index (χ0) is 25.7. The number of nitrogens with zero attached hydrogens (tertiary/aromatic N) is 5. The van der Waals surface area contributed by atoms with Gasteiger partial charge in [-0.15, -0.1) is 0 Å². The van der Waals surface area contributed by atoms with E-state index in [0.717, 1.165) is 50.5 Å². The van der Waals surface area contributed by atoms with Crippen molar-refractivity contribution in [2.45, 2.75) is 31.2 Å². The number of ether oxygens (including phenoxy) is 1. The zero-order valence-corrected chi connectivity index (χ0v) is 21.9. The molecule has 3 fully saturated rings. The molecule has 9 heteroatoms. The minimum atomic E-state index is -0.584. The van der Waals surface area contributed by atoms with Crippen LogP contribution in [0.5, 0.6) is 6.01 Å². The monoisotopic (exact) mass is 533 g/mol. The maximum atomic E-state index is 16.3. The molecule has 2 aromatic carbocycles. The summed E-state index contributed by atoms with van der Waals surface area (Å²) in [4.78, 5) is 18.6. The van der Waals surface area contributed by atoms with E-state index in [1.807, 2.05) is 23.9 Å². The van der Waals surface area contributed by atoms with Crippen molar-refractivity contribution in [1.82, 2.24) is 19.9 Å². The van der Waals surface area contributed by atoms with Crippen LogP contribution in [0, 0.1) is 11.6 Å². The largest absolute Gasteiger partial charge is 0.461 e. The molecule has 5 heterocycles. The highest BCUT2D eigenvalue weighted by atomic mass is 32.2. The molecule has 0 unspecified atom stereocenters. The summed E-state index contributed by atoms with van der Waals surface area (Å²) >= 11 is 1.90. The molecular formula is C29H29F2N5OS. The first-order chi connectivity index (χ1) is 18.6. The number of anilines is 1. The van der Waals surface area contributed by atoms with Crippen molar-refractivity contribution in [1.29, 1.82) is 0 Å². The molecule has 0 amide bonds. The number of rotatable bonds is 5. The van der Waals surface area contributed by atoms with Crippen LogP contribution < -0.4 is 9.64 Å². The fourth-order valence-electron chi connectivity index (χ4n) is 6.44. The van der Waals surface area contributed by atoms with E-state index in [2.05, 4.69) is 19.8 Å². The molecule has 6 nitrogen and oxygen atoms in total. The van der Waals surface area contributed by atoms with Gasteiger partial charge in [0, 0.05) is 41.7 Å². The Morgan fingerprint density at radius 2 is 1.71 bits per heavy atom. The van der Waals surface area contributed by atoms with E-state index in [4.69, 9.17) is 9.72 Å². The predicted octanol–water partition coefficient (Wildman–Crippen LogP) is 5.68. The highest BCUT2D eigenvalue weighted by molar-refractivity contribution is 7.99. The van der Waals surface area contributed by atoms with Gasteiger partial charge in [0.1, 0.15) is 29.5 Å². The number of fused-ring (bicyclic) bond motifs is 3. The Bertz CT molecular complexity index is 1510. The van der Waals surface area contributed by atoms with Gasteiger partial charge in [0.05, 0.1) is 10.9 Å². The quantitative estimate of drug-likeness (QED) is 0.327. The van der Waals surface area contributed by atoms with Crippen LogP contribution in [-0.2, 0) is 0 Å². The molecule has 38 heavy (non-hydrogen) atoms. The van der Waals surface area contributed by atoms with Crippen molar-refractivity contribution in [2.24, 2.45) is 0 Å². The summed E-state index contributed by atoms with van der Waals surface area (Å²) in [5, 5.41) is 1.59. The summed E-state index contributed by atoms with van der Waals surface area (Å²) in [6.45, 7) is 4.33. The van der Waals surface area contributed by atoms with Gasteiger partial charge in [0.15, 0.2) is 5.82 Å². The SMILES string of the molecule is Fc1c(-c2cccc3cccc(F)c23)ncc2c(N3CCSCC3)nc(OCC34CCCN3CCC4)nc12. The maximum Gasteiger partial charge on any atom is 0.319 e. The Morgan fingerprint density at radius 3 is 2.50 bits per heavy atom. The van der Waals surface area contributed by atoms with E-state index < -0.39 is 11.6 Å². The molecule has 7 rings (SSSR count). The van der Waals surface area contributed by atoms with E-state index in [0.29, 0.717) is 34.1 Å². The topological polar surface area (TPSA) is 54.4 Å². The molecule has 4 aromatic rings. The lowest BCUT2D eigenvalue weighted by Gasteiger charge is -2.32. The lowest BCUT2D eigenvalue weighted by atomic mass is 9.95. The third-order valence-electron chi connectivity index (χ3n) is 8.34. The van der Waals surface area contributed by atoms with Crippen LogP contribution >= 0.6 is 11.8 Å². The fourth-order valence-corrected chi connectivity index (χ4v) is 7.35. The summed E-state index contributed by atoms with van der Waals surface area (Å²) in [7, 11) is 0. The molecule has 0 aliphatic carbocycles. The maximum absolute atomic E-state index is 16.3. The summed E-state index contributed by atoms with van der Waals surface area (Å²) in [5.41, 5.74) is 0.675. The summed E-state index contributed by atoms with van der Waals surface area (Å²) in [6.07, 6.45) is 6.17. The van der Waals surface area contributed by atoms with E-state index >= 15 is 4.39 Å². The molecule has 0 N–H and O–H groups in total. The first-order valence-electron chi connectivity index (χ1n) is 13.4. The highest BCUT2D eigenvalue weighted by Gasteiger charge is 2.45. The van der Waals surface area contributed by atoms with Gasteiger partial charge in [-0.2, -0.15) is 21.7 Å². The van der Waals surface area contributed by atoms with Crippen LogP contribution in [0.25, 0.3) is 32.9 Å². The summed E-state index contributed by atoms with van der Waals surface area (Å²) in [6, 6.07) is 10.4. The molecular weight excluding hydrogens is 504 g/mol. The van der Waals surface area contributed by atoms with E-state index in [-0.39, 0.29) is 22.8 Å². The van der Waals surface area contributed by atoms with Gasteiger partial charge in [0.2, 0.25) is 0 Å². The van der Waals surface area contributed by atoms with Crippen LogP contribution in [0.4, 0.5) is 14.6 Å². The average molecular weight is 534 g/mol. The Labute approximate surface area is 224 Å². The first-order valence-corrected chi connectivity index (χ1v) is 14.5. The number of pyridine rings is 1. The third kappa shape index (κ3) is 3.98. The Hall–Kier alpha value is -3.04. The van der Waals surface area contributed by atoms with Gasteiger partial charge in [-0.3, -0.25) is 9.88 Å². The summed E-state index contributed by atoms with van der Waals surface area (Å²) < 4.78 is 37.5. The van der Waals surface area contributed by atoms with Crippen molar-refractivity contribution in [3.8, 4) is 17.3 Å². The number of halogens is 2. The molecule has 0 bridgehead atoms. The number of hydrogen-bond acceptors (Lipinski definition) is 7. The number of hydrogen-bond donors (Lipinski definition) is 0. The third-order valence-corrected chi connectivity index (χ3v) is 9.29. The van der Waals surface area contributed by atoms with Crippen molar-refractivity contribution in [2.75, 3.05) is 49.2 Å². The second-order valence-electron chi connectivity index (χ2n) is 10.5. The van der Waals surface area contributed by atoms with Crippen molar-refractivity contribution >= 4 is 39.3 Å². The molecule has 0 radical (unpaired) electrons. The Balaban J connectivity index is 1.35. The average Bonchev–Trinajstić information content (AvgIpc) is 3.53. The fraction of sp³-hybridized carbons (Fsp3) is 0.414. The smallest absolute Gasteiger partial charge is 0.319 e. The molecule has 196 valence electrons. The number of aromatic nitrogens is 3. The molecule has 2 aromatic heterocycles.